The number of nitrogens with zero attached hydrogens (tertiary/aromatic N) is 1. The first-order chi connectivity index (χ1) is 6.49. The van der Waals surface area contributed by atoms with Crippen LogP contribution in [0.1, 0.15) is 24.1 Å². The zero-order valence-electron chi connectivity index (χ0n) is 7.15. The Balaban J connectivity index is 2.47. The lowest BCUT2D eigenvalue weighted by molar-refractivity contribution is -0.141. The predicted octanol–water partition coefficient (Wildman–Crippen LogP) is 2.09. The molecule has 0 bridgehead atoms. The summed E-state index contributed by atoms with van der Waals surface area (Å²) in [6.07, 6.45) is 3.19. The van der Waals surface area contributed by atoms with E-state index < -0.39 is 17.3 Å². The van der Waals surface area contributed by atoms with Crippen molar-refractivity contribution in [2.24, 2.45) is 0 Å². The lowest BCUT2D eigenvalue weighted by Gasteiger charge is -2.10. The Bertz CT molecular complexity index is 393. The number of hydrogen-bond acceptors (Lipinski definition) is 1. The van der Waals surface area contributed by atoms with Crippen LogP contribution in [0.25, 0.3) is 0 Å². The van der Waals surface area contributed by atoms with Gasteiger partial charge in [0.1, 0.15) is 5.69 Å². The first-order valence-electron chi connectivity index (χ1n) is 4.08. The van der Waals surface area contributed by atoms with Gasteiger partial charge in [0.2, 0.25) is 0 Å². The second-order valence-corrected chi connectivity index (χ2v) is 3.38. The van der Waals surface area contributed by atoms with Gasteiger partial charge in [-0.1, -0.05) is 5.92 Å². The van der Waals surface area contributed by atoms with E-state index in [9.17, 15) is 13.2 Å². The molecule has 2 nitrogen and oxygen atoms in total. The van der Waals surface area contributed by atoms with Crippen molar-refractivity contribution in [1.82, 2.24) is 10.2 Å². The summed E-state index contributed by atoms with van der Waals surface area (Å²) in [4.78, 5) is 0. The van der Waals surface area contributed by atoms with Gasteiger partial charge in [-0.25, -0.2) is 0 Å². The minimum absolute atomic E-state index is 0.104. The number of aromatic nitrogens is 2. The molecule has 0 aliphatic heterocycles. The smallest absolute Gasteiger partial charge is 0.273 e. The third-order valence-electron chi connectivity index (χ3n) is 2.46. The Kier molecular flexibility index (Phi) is 1.65. The van der Waals surface area contributed by atoms with E-state index in [0.29, 0.717) is 12.8 Å². The predicted molar refractivity (Wildman–Crippen MR) is 43.3 cm³/mol. The molecule has 74 valence electrons. The van der Waals surface area contributed by atoms with Crippen LogP contribution in [-0.2, 0) is 11.6 Å². The number of alkyl halides is 3. The molecule has 0 unspecified atom stereocenters. The molecule has 0 aromatic carbocycles. The first-order valence-corrected chi connectivity index (χ1v) is 4.08. The highest BCUT2D eigenvalue weighted by Gasteiger charge is 2.49. The fourth-order valence-electron chi connectivity index (χ4n) is 1.48. The Hall–Kier alpha value is -1.44. The molecule has 0 amide bonds. The average Bonchev–Trinajstić information content (AvgIpc) is 2.72. The van der Waals surface area contributed by atoms with E-state index in [1.165, 1.54) is 6.20 Å². The van der Waals surface area contributed by atoms with Gasteiger partial charge in [0, 0.05) is 5.56 Å². The number of hydrogen-bond donors (Lipinski definition) is 1. The zero-order chi connectivity index (χ0) is 10.4. The number of nitrogens with one attached hydrogen (secondary N) is 1. The van der Waals surface area contributed by atoms with Gasteiger partial charge in [0.25, 0.3) is 0 Å². The monoisotopic (exact) mass is 200 g/mol. The summed E-state index contributed by atoms with van der Waals surface area (Å²) >= 11 is 0. The second-order valence-electron chi connectivity index (χ2n) is 3.38. The summed E-state index contributed by atoms with van der Waals surface area (Å²) in [6, 6.07) is 0. The molecule has 1 N–H and O–H groups in total. The largest absolute Gasteiger partial charge is 0.433 e. The summed E-state index contributed by atoms with van der Waals surface area (Å²) in [6.45, 7) is 0. The molecule has 0 spiro atoms. The maximum atomic E-state index is 12.4. The SMILES string of the molecule is C#CC1(c2cn[nH]c2C(F)(F)F)CC1. The van der Waals surface area contributed by atoms with Crippen molar-refractivity contribution in [3.63, 3.8) is 0 Å². The van der Waals surface area contributed by atoms with E-state index in [2.05, 4.69) is 11.0 Å². The van der Waals surface area contributed by atoms with Crippen molar-refractivity contribution >= 4 is 0 Å². The number of halogens is 3. The van der Waals surface area contributed by atoms with E-state index in [1.807, 2.05) is 5.10 Å². The fourth-order valence-corrected chi connectivity index (χ4v) is 1.48. The summed E-state index contributed by atoms with van der Waals surface area (Å²) in [5.41, 5.74) is -1.43. The number of aromatic amines is 1. The van der Waals surface area contributed by atoms with Crippen LogP contribution < -0.4 is 0 Å². The molecule has 1 aliphatic carbocycles. The molecule has 1 fully saturated rings. The topological polar surface area (TPSA) is 28.7 Å². The maximum absolute atomic E-state index is 12.4. The summed E-state index contributed by atoms with van der Waals surface area (Å²) in [5.74, 6) is 2.41. The highest BCUT2D eigenvalue weighted by Crippen LogP contribution is 2.50. The van der Waals surface area contributed by atoms with E-state index in [4.69, 9.17) is 6.42 Å². The molecule has 2 rings (SSSR count). The quantitative estimate of drug-likeness (QED) is 0.691. The molecule has 0 atom stereocenters. The highest BCUT2D eigenvalue weighted by atomic mass is 19.4. The van der Waals surface area contributed by atoms with Crippen LogP contribution in [0.3, 0.4) is 0 Å². The molecule has 1 aromatic rings. The summed E-state index contributed by atoms with van der Waals surface area (Å²) in [5, 5.41) is 5.36. The lowest BCUT2D eigenvalue weighted by Crippen LogP contribution is -2.14. The number of terminal acetylenes is 1. The molecule has 1 heterocycles. The van der Waals surface area contributed by atoms with E-state index in [1.54, 1.807) is 0 Å². The van der Waals surface area contributed by atoms with Crippen LogP contribution >= 0.6 is 0 Å². The summed E-state index contributed by atoms with van der Waals surface area (Å²) < 4.78 is 37.3. The van der Waals surface area contributed by atoms with Crippen molar-refractivity contribution < 1.29 is 13.2 Å². The zero-order valence-corrected chi connectivity index (χ0v) is 7.15. The van der Waals surface area contributed by atoms with E-state index >= 15 is 0 Å². The van der Waals surface area contributed by atoms with Gasteiger partial charge >= 0.3 is 6.18 Å². The van der Waals surface area contributed by atoms with Crippen LogP contribution in [0.4, 0.5) is 13.2 Å². The Morgan fingerprint density at radius 3 is 2.57 bits per heavy atom. The van der Waals surface area contributed by atoms with Crippen LogP contribution in [0.2, 0.25) is 0 Å². The van der Waals surface area contributed by atoms with Gasteiger partial charge in [-0.3, -0.25) is 5.10 Å². The average molecular weight is 200 g/mol. The molecule has 1 aromatic heterocycles. The third kappa shape index (κ3) is 1.18. The van der Waals surface area contributed by atoms with Crippen molar-refractivity contribution in [2.45, 2.75) is 24.4 Å². The Labute approximate surface area is 78.5 Å². The van der Waals surface area contributed by atoms with Crippen LogP contribution in [-0.4, -0.2) is 10.2 Å². The van der Waals surface area contributed by atoms with Crippen molar-refractivity contribution in [3.8, 4) is 12.3 Å². The van der Waals surface area contributed by atoms with Crippen molar-refractivity contribution in [3.05, 3.63) is 17.5 Å². The normalized spacial score (nSPS) is 19.0. The molecule has 5 heteroatoms. The van der Waals surface area contributed by atoms with Gasteiger partial charge in [0.15, 0.2) is 0 Å². The lowest BCUT2D eigenvalue weighted by atomic mass is 9.97. The molecule has 1 aliphatic rings. The number of rotatable bonds is 1. The second kappa shape index (κ2) is 2.53. The number of H-pyrrole nitrogens is 1. The van der Waals surface area contributed by atoms with Crippen molar-refractivity contribution in [2.75, 3.05) is 0 Å². The highest BCUT2D eigenvalue weighted by molar-refractivity contribution is 5.42. The van der Waals surface area contributed by atoms with Crippen LogP contribution in [0.15, 0.2) is 6.20 Å². The molecular formula is C9H7F3N2. The molecular weight excluding hydrogens is 193 g/mol. The van der Waals surface area contributed by atoms with Gasteiger partial charge in [-0.15, -0.1) is 6.42 Å². The van der Waals surface area contributed by atoms with Gasteiger partial charge in [-0.05, 0) is 12.8 Å². The third-order valence-corrected chi connectivity index (χ3v) is 2.46. The Morgan fingerprint density at radius 2 is 2.14 bits per heavy atom. The molecule has 1 saturated carbocycles. The first kappa shape index (κ1) is 9.13. The van der Waals surface area contributed by atoms with Crippen LogP contribution in [0, 0.1) is 12.3 Å². The Morgan fingerprint density at radius 1 is 1.50 bits per heavy atom. The molecule has 0 saturated heterocycles. The van der Waals surface area contributed by atoms with Crippen LogP contribution in [0.5, 0.6) is 0 Å². The maximum Gasteiger partial charge on any atom is 0.433 e. The van der Waals surface area contributed by atoms with Crippen molar-refractivity contribution in [1.29, 1.82) is 0 Å². The van der Waals surface area contributed by atoms with Gasteiger partial charge < -0.3 is 0 Å². The fraction of sp³-hybridized carbons (Fsp3) is 0.444. The van der Waals surface area contributed by atoms with Gasteiger partial charge in [-0.2, -0.15) is 18.3 Å². The molecule has 0 radical (unpaired) electrons. The standard InChI is InChI=1S/C9H7F3N2/c1-2-8(3-4-8)6-5-13-14-7(6)9(10,11)12/h1,5H,3-4H2,(H,13,14). The minimum Gasteiger partial charge on any atom is -0.273 e. The van der Waals surface area contributed by atoms with E-state index in [-0.39, 0.29) is 5.56 Å². The minimum atomic E-state index is -4.40. The molecule has 14 heavy (non-hydrogen) atoms. The van der Waals surface area contributed by atoms with E-state index in [0.717, 1.165) is 0 Å². The van der Waals surface area contributed by atoms with Gasteiger partial charge in [0.05, 0.1) is 11.6 Å². The summed E-state index contributed by atoms with van der Waals surface area (Å²) in [7, 11) is 0.